The van der Waals surface area contributed by atoms with Gasteiger partial charge >= 0.3 is 0 Å². The fraction of sp³-hybridized carbons (Fsp3) is 0.474. The van der Waals surface area contributed by atoms with Crippen LogP contribution in [0.15, 0.2) is 35.9 Å². The summed E-state index contributed by atoms with van der Waals surface area (Å²) in [5.41, 5.74) is 2.11. The van der Waals surface area contributed by atoms with E-state index in [-0.39, 0.29) is 23.7 Å². The van der Waals surface area contributed by atoms with Gasteiger partial charge in [-0.2, -0.15) is 0 Å². The Hall–Kier alpha value is -2.17. The van der Waals surface area contributed by atoms with E-state index in [1.165, 1.54) is 24.1 Å². The highest BCUT2D eigenvalue weighted by molar-refractivity contribution is 5.83. The Morgan fingerprint density at radius 2 is 2.04 bits per heavy atom. The molecule has 1 saturated heterocycles. The first kappa shape index (κ1) is 16.7. The lowest BCUT2D eigenvalue weighted by Crippen LogP contribution is -2.37. The number of halogens is 1. The van der Waals surface area contributed by atoms with Crippen molar-refractivity contribution in [2.45, 2.75) is 51.1 Å². The van der Waals surface area contributed by atoms with Gasteiger partial charge in [-0.1, -0.05) is 23.8 Å². The van der Waals surface area contributed by atoms with Crippen LogP contribution in [0.3, 0.4) is 0 Å². The first-order valence-electron chi connectivity index (χ1n) is 8.59. The summed E-state index contributed by atoms with van der Waals surface area (Å²) in [7, 11) is 0. The normalized spacial score (nSPS) is 20.9. The lowest BCUT2D eigenvalue weighted by Gasteiger charge is -2.18. The summed E-state index contributed by atoms with van der Waals surface area (Å²) in [5, 5.41) is 2.98. The smallest absolute Gasteiger partial charge is 0.225 e. The lowest BCUT2D eigenvalue weighted by molar-refractivity contribution is -0.128. The summed E-state index contributed by atoms with van der Waals surface area (Å²) in [6, 6.07) is 6.03. The molecule has 0 spiro atoms. The van der Waals surface area contributed by atoms with Crippen LogP contribution >= 0.6 is 0 Å². The SMILES string of the molecule is O=C(CC1=CCCCC1)N[C@H]1CC(=O)N(Cc2ccc(F)cc2)C1. The molecule has 3 rings (SSSR count). The number of benzene rings is 1. The number of likely N-dealkylation sites (tertiary alicyclic amines) is 1. The lowest BCUT2D eigenvalue weighted by atomic mass is 9.97. The number of carbonyl (C=O) groups is 2. The van der Waals surface area contributed by atoms with Crippen LogP contribution < -0.4 is 5.32 Å². The molecular formula is C19H23FN2O2. The van der Waals surface area contributed by atoms with E-state index in [1.807, 2.05) is 0 Å². The molecule has 0 bridgehead atoms. The molecule has 24 heavy (non-hydrogen) atoms. The van der Waals surface area contributed by atoms with Gasteiger partial charge < -0.3 is 10.2 Å². The van der Waals surface area contributed by atoms with Gasteiger partial charge in [-0.3, -0.25) is 9.59 Å². The number of hydrogen-bond donors (Lipinski definition) is 1. The maximum absolute atomic E-state index is 12.9. The van der Waals surface area contributed by atoms with Gasteiger partial charge in [0.1, 0.15) is 5.82 Å². The molecule has 0 unspecified atom stereocenters. The molecule has 1 aromatic rings. The van der Waals surface area contributed by atoms with Crippen molar-refractivity contribution in [2.24, 2.45) is 0 Å². The van der Waals surface area contributed by atoms with Gasteiger partial charge in [0, 0.05) is 25.9 Å². The fourth-order valence-corrected chi connectivity index (χ4v) is 3.38. The van der Waals surface area contributed by atoms with E-state index in [2.05, 4.69) is 11.4 Å². The van der Waals surface area contributed by atoms with Crippen molar-refractivity contribution in [3.05, 3.63) is 47.3 Å². The topological polar surface area (TPSA) is 49.4 Å². The number of allylic oxidation sites excluding steroid dienone is 1. The molecular weight excluding hydrogens is 307 g/mol. The Morgan fingerprint density at radius 1 is 1.25 bits per heavy atom. The summed E-state index contributed by atoms with van der Waals surface area (Å²) in [6.07, 6.45) is 7.40. The van der Waals surface area contributed by atoms with Gasteiger partial charge in [0.15, 0.2) is 0 Å². The van der Waals surface area contributed by atoms with Crippen LogP contribution in [0, 0.1) is 5.82 Å². The van der Waals surface area contributed by atoms with Crippen molar-refractivity contribution in [1.29, 1.82) is 0 Å². The molecule has 1 heterocycles. The largest absolute Gasteiger partial charge is 0.351 e. The van der Waals surface area contributed by atoms with Gasteiger partial charge in [-0.25, -0.2) is 4.39 Å². The minimum Gasteiger partial charge on any atom is -0.351 e. The van der Waals surface area contributed by atoms with Crippen LogP contribution in [0.2, 0.25) is 0 Å². The van der Waals surface area contributed by atoms with Gasteiger partial charge in [0.2, 0.25) is 11.8 Å². The fourth-order valence-electron chi connectivity index (χ4n) is 3.38. The van der Waals surface area contributed by atoms with Crippen molar-refractivity contribution in [2.75, 3.05) is 6.54 Å². The molecule has 0 saturated carbocycles. The predicted octanol–water partition coefficient (Wildman–Crippen LogP) is 2.93. The van der Waals surface area contributed by atoms with Crippen molar-refractivity contribution < 1.29 is 14.0 Å². The van der Waals surface area contributed by atoms with Gasteiger partial charge in [0.25, 0.3) is 0 Å². The molecule has 4 nitrogen and oxygen atoms in total. The average Bonchev–Trinajstić information content (AvgIpc) is 2.89. The molecule has 5 heteroatoms. The molecule has 128 valence electrons. The van der Waals surface area contributed by atoms with Gasteiger partial charge in [-0.15, -0.1) is 0 Å². The van der Waals surface area contributed by atoms with Crippen molar-refractivity contribution in [3.8, 4) is 0 Å². The Labute approximate surface area is 141 Å². The summed E-state index contributed by atoms with van der Waals surface area (Å²) < 4.78 is 12.9. The predicted molar refractivity (Wildman–Crippen MR) is 89.5 cm³/mol. The van der Waals surface area contributed by atoms with E-state index < -0.39 is 0 Å². The molecule has 0 aromatic heterocycles. The molecule has 1 aliphatic carbocycles. The number of nitrogens with zero attached hydrogens (tertiary/aromatic N) is 1. The second-order valence-corrected chi connectivity index (χ2v) is 6.65. The van der Waals surface area contributed by atoms with E-state index in [4.69, 9.17) is 0 Å². The third-order valence-corrected chi connectivity index (χ3v) is 4.64. The van der Waals surface area contributed by atoms with Crippen LogP contribution in [-0.4, -0.2) is 29.3 Å². The summed E-state index contributed by atoms with van der Waals surface area (Å²) in [4.78, 5) is 26.0. The Morgan fingerprint density at radius 3 is 2.75 bits per heavy atom. The van der Waals surface area contributed by atoms with Crippen molar-refractivity contribution in [3.63, 3.8) is 0 Å². The van der Waals surface area contributed by atoms with Crippen LogP contribution in [0.4, 0.5) is 4.39 Å². The second-order valence-electron chi connectivity index (χ2n) is 6.65. The molecule has 2 amide bonds. The highest BCUT2D eigenvalue weighted by Crippen LogP contribution is 2.21. The zero-order valence-corrected chi connectivity index (χ0v) is 13.8. The quantitative estimate of drug-likeness (QED) is 0.844. The van der Waals surface area contributed by atoms with Crippen molar-refractivity contribution >= 4 is 11.8 Å². The maximum Gasteiger partial charge on any atom is 0.225 e. The second kappa shape index (κ2) is 7.60. The van der Waals surface area contributed by atoms with E-state index in [9.17, 15) is 14.0 Å². The van der Waals surface area contributed by atoms with Crippen LogP contribution in [-0.2, 0) is 16.1 Å². The standard InChI is InChI=1S/C19H23FN2O2/c20-16-8-6-15(7-9-16)12-22-13-17(11-19(22)24)21-18(23)10-14-4-2-1-3-5-14/h4,6-9,17H,1-3,5,10-13H2,(H,21,23)/t17-/m0/s1. The molecule has 1 aliphatic heterocycles. The summed E-state index contributed by atoms with van der Waals surface area (Å²) in [6.45, 7) is 0.970. The van der Waals surface area contributed by atoms with E-state index in [1.54, 1.807) is 17.0 Å². The molecule has 1 fully saturated rings. The van der Waals surface area contributed by atoms with Gasteiger partial charge in [0.05, 0.1) is 6.04 Å². The maximum atomic E-state index is 12.9. The number of hydrogen-bond acceptors (Lipinski definition) is 2. The summed E-state index contributed by atoms with van der Waals surface area (Å²) in [5.74, 6) is -0.250. The molecule has 1 atom stereocenters. The average molecular weight is 330 g/mol. The minimum absolute atomic E-state index is 0.00424. The first-order valence-corrected chi connectivity index (χ1v) is 8.59. The number of rotatable bonds is 5. The van der Waals surface area contributed by atoms with E-state index in [0.717, 1.165) is 24.8 Å². The van der Waals surface area contributed by atoms with E-state index >= 15 is 0 Å². The molecule has 1 N–H and O–H groups in total. The number of amides is 2. The monoisotopic (exact) mass is 330 g/mol. The molecule has 0 radical (unpaired) electrons. The van der Waals surface area contributed by atoms with Crippen LogP contribution in [0.25, 0.3) is 0 Å². The highest BCUT2D eigenvalue weighted by Gasteiger charge is 2.30. The molecule has 2 aliphatic rings. The van der Waals surface area contributed by atoms with E-state index in [0.29, 0.717) is 25.9 Å². The highest BCUT2D eigenvalue weighted by atomic mass is 19.1. The number of carbonyl (C=O) groups excluding carboxylic acids is 2. The zero-order chi connectivity index (χ0) is 16.9. The van der Waals surface area contributed by atoms with Crippen molar-refractivity contribution in [1.82, 2.24) is 10.2 Å². The Bertz CT molecular complexity index is 639. The van der Waals surface area contributed by atoms with Crippen LogP contribution in [0.1, 0.15) is 44.1 Å². The Kier molecular flexibility index (Phi) is 5.28. The first-order chi connectivity index (χ1) is 11.6. The van der Waals surface area contributed by atoms with Crippen LogP contribution in [0.5, 0.6) is 0 Å². The number of nitrogens with one attached hydrogen (secondary N) is 1. The third-order valence-electron chi connectivity index (χ3n) is 4.64. The third kappa shape index (κ3) is 4.43. The molecule has 1 aromatic carbocycles. The minimum atomic E-state index is -0.284. The zero-order valence-electron chi connectivity index (χ0n) is 13.8. The van der Waals surface area contributed by atoms with Gasteiger partial charge in [-0.05, 0) is 43.4 Å². The Balaban J connectivity index is 1.49. The summed E-state index contributed by atoms with van der Waals surface area (Å²) >= 11 is 0.